The van der Waals surface area contributed by atoms with E-state index in [1.54, 1.807) is 16.8 Å². The number of furan rings is 1. The Labute approximate surface area is 334 Å². The van der Waals surface area contributed by atoms with E-state index in [0.717, 1.165) is 54.0 Å². The fraction of sp³-hybridized carbons (Fsp3) is 0.269. The molecule has 5 atom stereocenters. The summed E-state index contributed by atoms with van der Waals surface area (Å²) in [5, 5.41) is 10.4. The summed E-state index contributed by atoms with van der Waals surface area (Å²) in [5.41, 5.74) is 17.3. The van der Waals surface area contributed by atoms with Crippen LogP contribution in [0.25, 0.3) is 33.7 Å². The number of fused-ring (bicyclic) bond motifs is 9. The van der Waals surface area contributed by atoms with Gasteiger partial charge in [-0.15, -0.1) is 0 Å². The van der Waals surface area contributed by atoms with Crippen LogP contribution in [0, 0.1) is 0 Å². The summed E-state index contributed by atoms with van der Waals surface area (Å²) in [6, 6.07) is 35.8. The molecule has 0 fully saturated rings. The molecule has 0 amide bonds. The molecule has 57 heavy (non-hydrogen) atoms. The van der Waals surface area contributed by atoms with Crippen LogP contribution in [0.3, 0.4) is 0 Å². The number of nitrogens with one attached hydrogen (secondary N) is 2. The minimum absolute atomic E-state index is 0.0237. The standard InChI is InChI=1S/C52H48N4O/c1-2-14-33(15-3-1)44-32-45(54-52(53-44)34-26-27-51-43(30-34)42-20-8-13-25-50(42)57-51)35-28-36(55-46-21-9-4-16-38(46)39-17-5-10-22-47(39)55)31-37(29-35)56-48-23-11-6-18-40(48)41-19-7-12-24-49(41)56/h1-4,8-11,13-16,20-23,25-30,32,36,39,44,47,52-54H,5-7,12,17-19,24,31H2. The van der Waals surface area contributed by atoms with Crippen LogP contribution < -0.4 is 15.5 Å². The summed E-state index contributed by atoms with van der Waals surface area (Å²) in [7, 11) is 0. The fourth-order valence-electron chi connectivity index (χ4n) is 11.2. The smallest absolute Gasteiger partial charge is 0.135 e. The Kier molecular flexibility index (Phi) is 7.86. The van der Waals surface area contributed by atoms with Gasteiger partial charge in [-0.1, -0.05) is 97.1 Å². The number of benzene rings is 4. The molecule has 0 saturated carbocycles. The molecule has 6 aliphatic rings. The summed E-state index contributed by atoms with van der Waals surface area (Å²) >= 11 is 0. The summed E-state index contributed by atoms with van der Waals surface area (Å²) in [4.78, 5) is 2.78. The van der Waals surface area contributed by atoms with Gasteiger partial charge in [-0.2, -0.15) is 0 Å². The van der Waals surface area contributed by atoms with Crippen LogP contribution in [0.2, 0.25) is 0 Å². The van der Waals surface area contributed by atoms with Crippen molar-refractivity contribution < 1.29 is 4.42 Å². The molecule has 0 spiro atoms. The van der Waals surface area contributed by atoms with E-state index in [2.05, 4.69) is 154 Å². The van der Waals surface area contributed by atoms with E-state index in [-0.39, 0.29) is 18.2 Å². The zero-order valence-electron chi connectivity index (χ0n) is 32.3. The van der Waals surface area contributed by atoms with Crippen LogP contribution in [0.4, 0.5) is 5.69 Å². The first-order valence-corrected chi connectivity index (χ1v) is 21.3. The quantitative estimate of drug-likeness (QED) is 0.173. The molecule has 0 saturated heterocycles. The number of hydrogen-bond acceptors (Lipinski definition) is 4. The number of anilines is 1. The van der Waals surface area contributed by atoms with Crippen molar-refractivity contribution in [2.45, 2.75) is 88.0 Å². The predicted octanol–water partition coefficient (Wildman–Crippen LogP) is 11.6. The zero-order valence-corrected chi connectivity index (χ0v) is 32.3. The second-order valence-corrected chi connectivity index (χ2v) is 16.9. The Bertz CT molecular complexity index is 2720. The first-order valence-electron chi connectivity index (χ1n) is 21.3. The molecule has 5 unspecified atom stereocenters. The number of hydrogen-bond donors (Lipinski definition) is 2. The monoisotopic (exact) mass is 744 g/mol. The fourth-order valence-corrected chi connectivity index (χ4v) is 11.2. The van der Waals surface area contributed by atoms with Crippen molar-refractivity contribution in [3.8, 4) is 0 Å². The molecular formula is C52H48N4O. The van der Waals surface area contributed by atoms with Crippen molar-refractivity contribution in [3.05, 3.63) is 184 Å². The first kappa shape index (κ1) is 33.4. The lowest BCUT2D eigenvalue weighted by atomic mass is 9.86. The largest absolute Gasteiger partial charge is 0.456 e. The minimum Gasteiger partial charge on any atom is -0.456 e. The van der Waals surface area contributed by atoms with E-state index in [9.17, 15) is 0 Å². The molecule has 282 valence electrons. The van der Waals surface area contributed by atoms with Crippen LogP contribution in [0.1, 0.15) is 95.9 Å². The van der Waals surface area contributed by atoms with E-state index in [4.69, 9.17) is 4.42 Å². The molecule has 6 aromatic rings. The molecule has 5 heteroatoms. The third-order valence-electron chi connectivity index (χ3n) is 13.7. The van der Waals surface area contributed by atoms with Crippen molar-refractivity contribution in [2.24, 2.45) is 0 Å². The van der Waals surface area contributed by atoms with Crippen LogP contribution in [0.15, 0.2) is 149 Å². The second kappa shape index (κ2) is 13.4. The molecule has 2 aliphatic heterocycles. The minimum atomic E-state index is -0.111. The topological polar surface area (TPSA) is 45.4 Å². The third kappa shape index (κ3) is 5.46. The second-order valence-electron chi connectivity index (χ2n) is 16.9. The lowest BCUT2D eigenvalue weighted by Crippen LogP contribution is -2.43. The maximum Gasteiger partial charge on any atom is 0.135 e. The predicted molar refractivity (Wildman–Crippen MR) is 233 cm³/mol. The lowest BCUT2D eigenvalue weighted by Gasteiger charge is -2.40. The average molecular weight is 745 g/mol. The molecule has 12 rings (SSSR count). The molecular weight excluding hydrogens is 697 g/mol. The van der Waals surface area contributed by atoms with Gasteiger partial charge >= 0.3 is 0 Å². The van der Waals surface area contributed by atoms with E-state index >= 15 is 0 Å². The van der Waals surface area contributed by atoms with Gasteiger partial charge in [0.2, 0.25) is 0 Å². The lowest BCUT2D eigenvalue weighted by molar-refractivity contribution is 0.420. The highest BCUT2D eigenvalue weighted by molar-refractivity contribution is 6.05. The normalized spacial score (nSPS) is 24.9. The van der Waals surface area contributed by atoms with E-state index in [1.165, 1.54) is 70.7 Å². The highest BCUT2D eigenvalue weighted by Gasteiger charge is 2.42. The van der Waals surface area contributed by atoms with Crippen molar-refractivity contribution >= 4 is 39.4 Å². The van der Waals surface area contributed by atoms with Gasteiger partial charge < -0.3 is 19.2 Å². The van der Waals surface area contributed by atoms with Gasteiger partial charge in [-0.05, 0) is 127 Å². The van der Waals surface area contributed by atoms with Gasteiger partial charge in [-0.3, -0.25) is 5.32 Å². The van der Waals surface area contributed by atoms with Gasteiger partial charge in [0.1, 0.15) is 17.3 Å². The summed E-state index contributed by atoms with van der Waals surface area (Å²) in [5.74, 6) is 0.532. The summed E-state index contributed by atoms with van der Waals surface area (Å²) in [6.45, 7) is 0. The summed E-state index contributed by atoms with van der Waals surface area (Å²) in [6.07, 6.45) is 27.8. The number of rotatable bonds is 5. The average Bonchev–Trinajstić information content (AvgIpc) is 3.94. The van der Waals surface area contributed by atoms with Crippen LogP contribution in [-0.2, 0) is 19.3 Å². The Morgan fingerprint density at radius 3 is 2.54 bits per heavy atom. The van der Waals surface area contributed by atoms with Gasteiger partial charge in [0.05, 0.1) is 18.1 Å². The Morgan fingerprint density at radius 1 is 0.719 bits per heavy atom. The Balaban J connectivity index is 1.02. The van der Waals surface area contributed by atoms with Gasteiger partial charge in [0.15, 0.2) is 0 Å². The maximum atomic E-state index is 6.27. The number of allylic oxidation sites excluding steroid dienone is 3. The van der Waals surface area contributed by atoms with Crippen molar-refractivity contribution in [3.63, 3.8) is 0 Å². The molecule has 2 N–H and O–H groups in total. The van der Waals surface area contributed by atoms with Crippen LogP contribution in [-0.4, -0.2) is 16.7 Å². The highest BCUT2D eigenvalue weighted by Crippen LogP contribution is 2.49. The van der Waals surface area contributed by atoms with Gasteiger partial charge in [0, 0.05) is 51.6 Å². The molecule has 5 nitrogen and oxygen atoms in total. The van der Waals surface area contributed by atoms with E-state index in [0.29, 0.717) is 12.0 Å². The molecule has 0 radical (unpaired) electrons. The molecule has 2 aromatic heterocycles. The zero-order chi connectivity index (χ0) is 37.5. The van der Waals surface area contributed by atoms with Crippen LogP contribution >= 0.6 is 0 Å². The highest BCUT2D eigenvalue weighted by atomic mass is 16.3. The molecule has 4 aliphatic carbocycles. The SMILES string of the molecule is C1=Cc2c(c3c(n2C2=CC(C4=CC(c5ccccc5)NC(c5ccc6oc7ccccc7c6c5)N4)=CC(N4c5ccccc5C5CCC=CC54)C2)CCCC3)CC1. The Morgan fingerprint density at radius 2 is 1.58 bits per heavy atom. The number of aromatic nitrogens is 1. The van der Waals surface area contributed by atoms with E-state index in [1.807, 2.05) is 6.07 Å². The maximum absolute atomic E-state index is 6.27. The molecule has 4 heterocycles. The molecule has 4 aromatic carbocycles. The van der Waals surface area contributed by atoms with Gasteiger partial charge in [0.25, 0.3) is 0 Å². The van der Waals surface area contributed by atoms with E-state index < -0.39 is 0 Å². The summed E-state index contributed by atoms with van der Waals surface area (Å²) < 4.78 is 8.99. The third-order valence-corrected chi connectivity index (χ3v) is 13.7. The molecule has 0 bridgehead atoms. The van der Waals surface area contributed by atoms with Crippen LogP contribution in [0.5, 0.6) is 0 Å². The van der Waals surface area contributed by atoms with Crippen molar-refractivity contribution in [2.75, 3.05) is 4.90 Å². The van der Waals surface area contributed by atoms with Gasteiger partial charge in [-0.25, -0.2) is 0 Å². The van der Waals surface area contributed by atoms with Crippen molar-refractivity contribution in [1.82, 2.24) is 15.2 Å². The number of nitrogens with zero attached hydrogens (tertiary/aromatic N) is 2. The Hall–Kier alpha value is -5.78. The first-order chi connectivity index (χ1) is 28.2. The number of para-hydroxylation sites is 2. The van der Waals surface area contributed by atoms with Crippen molar-refractivity contribution in [1.29, 1.82) is 0 Å².